The molecule has 1 heterocycles. The molecule has 2 rings (SSSR count). The van der Waals surface area contributed by atoms with Crippen LogP contribution in [0.3, 0.4) is 0 Å². The number of methoxy groups -OCH3 is 1. The highest BCUT2D eigenvalue weighted by Crippen LogP contribution is 2.18. The lowest BCUT2D eigenvalue weighted by Gasteiger charge is -2.08. The van der Waals surface area contributed by atoms with Crippen molar-refractivity contribution in [2.75, 3.05) is 7.11 Å². The first-order valence-corrected chi connectivity index (χ1v) is 5.86. The Labute approximate surface area is 113 Å². The number of hydrogen-bond donors (Lipinski definition) is 1. The van der Waals surface area contributed by atoms with Gasteiger partial charge in [-0.3, -0.25) is 14.2 Å². The summed E-state index contributed by atoms with van der Waals surface area (Å²) in [4.78, 5) is 26.8. The monoisotopic (exact) mass is 282 g/mol. The topological polar surface area (TPSA) is 81.4 Å². The summed E-state index contributed by atoms with van der Waals surface area (Å²) in [5.74, 6) is -0.434. The van der Waals surface area contributed by atoms with E-state index in [1.54, 1.807) is 18.2 Å². The minimum atomic E-state index is -1.00. The Balaban J connectivity index is 2.56. The van der Waals surface area contributed by atoms with E-state index in [9.17, 15) is 9.59 Å². The van der Waals surface area contributed by atoms with E-state index in [2.05, 4.69) is 4.98 Å². The summed E-state index contributed by atoms with van der Waals surface area (Å²) in [6, 6.07) is 4.82. The average Bonchev–Trinajstić information content (AvgIpc) is 2.37. The van der Waals surface area contributed by atoms with Crippen molar-refractivity contribution in [3.63, 3.8) is 0 Å². The summed E-state index contributed by atoms with van der Waals surface area (Å²) in [5, 5.41) is 8.98. The van der Waals surface area contributed by atoms with E-state index in [4.69, 9.17) is 21.4 Å². The van der Waals surface area contributed by atoms with Crippen molar-refractivity contribution in [1.82, 2.24) is 9.55 Å². The third-order valence-corrected chi connectivity index (χ3v) is 2.95. The number of carboxylic acids is 1. The van der Waals surface area contributed by atoms with Crippen LogP contribution in [-0.4, -0.2) is 27.7 Å². The quantitative estimate of drug-likeness (QED) is 0.860. The predicted molar refractivity (Wildman–Crippen MR) is 69.8 cm³/mol. The van der Waals surface area contributed by atoms with Crippen molar-refractivity contribution in [2.24, 2.45) is 0 Å². The van der Waals surface area contributed by atoms with Gasteiger partial charge in [0.25, 0.3) is 5.56 Å². The second-order valence-electron chi connectivity index (χ2n) is 3.86. The maximum atomic E-state index is 12.2. The molecule has 0 saturated heterocycles. The van der Waals surface area contributed by atoms with Crippen molar-refractivity contribution in [3.8, 4) is 5.75 Å². The summed E-state index contributed by atoms with van der Waals surface area (Å²) < 4.78 is 6.18. The number of hydrogen-bond acceptors (Lipinski definition) is 4. The highest BCUT2D eigenvalue weighted by molar-refractivity contribution is 6.28. The number of halogens is 1. The third kappa shape index (κ3) is 2.68. The fraction of sp³-hybridized carbons (Fsp3) is 0.250. The van der Waals surface area contributed by atoms with Gasteiger partial charge in [0, 0.05) is 12.6 Å². The molecule has 0 fully saturated rings. The molecule has 0 aliphatic carbocycles. The van der Waals surface area contributed by atoms with Gasteiger partial charge in [0.05, 0.1) is 24.4 Å². The number of ether oxygens (including phenoxy) is 1. The van der Waals surface area contributed by atoms with E-state index in [0.29, 0.717) is 16.7 Å². The molecule has 0 atom stereocenters. The number of rotatable bonds is 4. The van der Waals surface area contributed by atoms with Crippen LogP contribution >= 0.6 is 11.6 Å². The van der Waals surface area contributed by atoms with Crippen molar-refractivity contribution in [3.05, 3.63) is 33.8 Å². The second-order valence-corrected chi connectivity index (χ2v) is 4.20. The molecule has 6 nitrogen and oxygen atoms in total. The number of nitrogens with zero attached hydrogens (tertiary/aromatic N) is 2. The fourth-order valence-corrected chi connectivity index (χ4v) is 1.95. The van der Waals surface area contributed by atoms with Crippen molar-refractivity contribution in [1.29, 1.82) is 0 Å². The Morgan fingerprint density at radius 2 is 2.26 bits per heavy atom. The van der Waals surface area contributed by atoms with Crippen LogP contribution < -0.4 is 10.3 Å². The molecule has 0 saturated carbocycles. The van der Waals surface area contributed by atoms with E-state index in [0.717, 1.165) is 4.57 Å². The molecule has 2 aromatic rings. The Kier molecular flexibility index (Phi) is 3.71. The van der Waals surface area contributed by atoms with Crippen LogP contribution in [0.5, 0.6) is 5.75 Å². The molecule has 0 amide bonds. The van der Waals surface area contributed by atoms with E-state index in [1.807, 2.05) is 0 Å². The van der Waals surface area contributed by atoms with Crippen LogP contribution in [0.2, 0.25) is 5.28 Å². The molecule has 19 heavy (non-hydrogen) atoms. The maximum absolute atomic E-state index is 12.2. The van der Waals surface area contributed by atoms with Gasteiger partial charge in [-0.05, 0) is 23.7 Å². The Hall–Kier alpha value is -2.08. The third-order valence-electron chi connectivity index (χ3n) is 2.67. The lowest BCUT2D eigenvalue weighted by atomic mass is 10.2. The molecule has 0 unspecified atom stereocenters. The van der Waals surface area contributed by atoms with Crippen LogP contribution in [-0.2, 0) is 11.3 Å². The Morgan fingerprint density at radius 3 is 2.89 bits per heavy atom. The molecule has 0 spiro atoms. The summed E-state index contributed by atoms with van der Waals surface area (Å²) in [6.45, 7) is -0.0119. The fourth-order valence-electron chi connectivity index (χ4n) is 1.70. The molecule has 1 N–H and O–H groups in total. The molecule has 1 aromatic heterocycles. The summed E-state index contributed by atoms with van der Waals surface area (Å²) in [6.07, 6.45) is -0.191. The van der Waals surface area contributed by atoms with Crippen LogP contribution in [0.4, 0.5) is 0 Å². The number of fused-ring (bicyclic) bond motifs is 1. The molecule has 100 valence electrons. The standard InChI is InChI=1S/C12H11ClN2O4/c1-19-7-2-3-8-9(6-7)14-12(13)15(11(8)18)5-4-10(16)17/h2-3,6H,4-5H2,1H3,(H,16,17). The number of aromatic nitrogens is 2. The van der Waals surface area contributed by atoms with Crippen LogP contribution in [0, 0.1) is 0 Å². The van der Waals surface area contributed by atoms with Gasteiger partial charge in [0.2, 0.25) is 5.28 Å². The molecule has 0 radical (unpaired) electrons. The van der Waals surface area contributed by atoms with Gasteiger partial charge in [-0.1, -0.05) is 0 Å². The first kappa shape index (κ1) is 13.4. The van der Waals surface area contributed by atoms with Gasteiger partial charge in [0.1, 0.15) is 5.75 Å². The first-order valence-electron chi connectivity index (χ1n) is 5.49. The summed E-state index contributed by atoms with van der Waals surface area (Å²) in [7, 11) is 1.51. The second kappa shape index (κ2) is 5.27. The normalized spacial score (nSPS) is 10.6. The minimum Gasteiger partial charge on any atom is -0.497 e. The minimum absolute atomic E-state index is 0.0119. The molecular formula is C12H11ClN2O4. The Morgan fingerprint density at radius 1 is 1.53 bits per heavy atom. The van der Waals surface area contributed by atoms with Crippen molar-refractivity contribution < 1.29 is 14.6 Å². The van der Waals surface area contributed by atoms with Crippen LogP contribution in [0.15, 0.2) is 23.0 Å². The zero-order chi connectivity index (χ0) is 14.0. The molecular weight excluding hydrogens is 272 g/mol. The molecule has 1 aromatic carbocycles. The number of carboxylic acid groups (broad SMARTS) is 1. The highest BCUT2D eigenvalue weighted by atomic mass is 35.5. The maximum Gasteiger partial charge on any atom is 0.305 e. The average molecular weight is 283 g/mol. The lowest BCUT2D eigenvalue weighted by Crippen LogP contribution is -2.23. The van der Waals surface area contributed by atoms with E-state index in [-0.39, 0.29) is 23.8 Å². The van der Waals surface area contributed by atoms with Crippen LogP contribution in [0.25, 0.3) is 10.9 Å². The van der Waals surface area contributed by atoms with Gasteiger partial charge >= 0.3 is 5.97 Å². The van der Waals surface area contributed by atoms with Gasteiger partial charge < -0.3 is 9.84 Å². The number of carbonyl (C=O) groups is 1. The predicted octanol–water partition coefficient (Wildman–Crippen LogP) is 1.53. The SMILES string of the molecule is COc1ccc2c(=O)n(CCC(=O)O)c(Cl)nc2c1. The lowest BCUT2D eigenvalue weighted by molar-refractivity contribution is -0.137. The molecule has 0 aliphatic heterocycles. The summed E-state index contributed by atoms with van der Waals surface area (Å²) >= 11 is 5.91. The van der Waals surface area contributed by atoms with E-state index < -0.39 is 5.97 Å². The number of aliphatic carboxylic acids is 1. The van der Waals surface area contributed by atoms with Crippen molar-refractivity contribution in [2.45, 2.75) is 13.0 Å². The molecule has 7 heteroatoms. The smallest absolute Gasteiger partial charge is 0.305 e. The van der Waals surface area contributed by atoms with Gasteiger partial charge in [0.15, 0.2) is 0 Å². The summed E-state index contributed by atoms with van der Waals surface area (Å²) in [5.41, 5.74) is 0.0554. The number of benzene rings is 1. The van der Waals surface area contributed by atoms with Gasteiger partial charge in [-0.25, -0.2) is 4.98 Å². The van der Waals surface area contributed by atoms with Crippen LogP contribution in [0.1, 0.15) is 6.42 Å². The Bertz CT molecular complexity index is 696. The van der Waals surface area contributed by atoms with Gasteiger partial charge in [-0.15, -0.1) is 0 Å². The molecule has 0 aliphatic rings. The molecule has 0 bridgehead atoms. The van der Waals surface area contributed by atoms with E-state index >= 15 is 0 Å². The first-order chi connectivity index (χ1) is 9.02. The zero-order valence-electron chi connectivity index (χ0n) is 10.1. The largest absolute Gasteiger partial charge is 0.497 e. The van der Waals surface area contributed by atoms with Crippen molar-refractivity contribution >= 4 is 28.5 Å². The van der Waals surface area contributed by atoms with Gasteiger partial charge in [-0.2, -0.15) is 0 Å². The zero-order valence-corrected chi connectivity index (χ0v) is 10.8. The van der Waals surface area contributed by atoms with E-state index in [1.165, 1.54) is 7.11 Å². The highest BCUT2D eigenvalue weighted by Gasteiger charge is 2.11.